The number of halogens is 1. The molecule has 2 atom stereocenters. The summed E-state index contributed by atoms with van der Waals surface area (Å²) >= 11 is 5.93. The second kappa shape index (κ2) is 7.14. The molecule has 0 spiro atoms. The van der Waals surface area contributed by atoms with Crippen molar-refractivity contribution in [1.29, 1.82) is 0 Å². The molecule has 0 radical (unpaired) electrons. The van der Waals surface area contributed by atoms with Gasteiger partial charge in [-0.2, -0.15) is 0 Å². The van der Waals surface area contributed by atoms with Gasteiger partial charge >= 0.3 is 0 Å². The Bertz CT molecular complexity index is 463. The summed E-state index contributed by atoms with van der Waals surface area (Å²) < 4.78 is 0. The van der Waals surface area contributed by atoms with Crippen molar-refractivity contribution in [3.8, 4) is 0 Å². The normalized spacial score (nSPS) is 13.5. The maximum Gasteiger partial charge on any atom is 0.253 e. The molecular formula is C14H19ClN2O2. The molecule has 5 heteroatoms. The Morgan fingerprint density at radius 2 is 1.84 bits per heavy atom. The molecule has 0 saturated carbocycles. The molecule has 0 bridgehead atoms. The standard InChI is InChI=1S/C14H19ClN2O2/c1-4-9(2)16-13(18)10(3)17-14(19)11-7-5-6-8-12(11)15/h5-10H,4H2,1-3H3,(H,16,18)(H,17,19). The first-order valence-electron chi connectivity index (χ1n) is 6.31. The van der Waals surface area contributed by atoms with Crippen molar-refractivity contribution in [3.05, 3.63) is 34.9 Å². The van der Waals surface area contributed by atoms with Crippen LogP contribution >= 0.6 is 11.6 Å². The molecule has 4 nitrogen and oxygen atoms in total. The lowest BCUT2D eigenvalue weighted by Crippen LogP contribution is -2.47. The maximum atomic E-state index is 12.0. The molecule has 1 rings (SSSR count). The van der Waals surface area contributed by atoms with Crippen LogP contribution in [0.2, 0.25) is 5.02 Å². The third kappa shape index (κ3) is 4.56. The SMILES string of the molecule is CCC(C)NC(=O)C(C)NC(=O)c1ccccc1Cl. The predicted octanol–water partition coefficient (Wildman–Crippen LogP) is 2.37. The summed E-state index contributed by atoms with van der Waals surface area (Å²) in [5.74, 6) is -0.549. The highest BCUT2D eigenvalue weighted by atomic mass is 35.5. The minimum absolute atomic E-state index is 0.0900. The zero-order valence-electron chi connectivity index (χ0n) is 11.4. The first-order valence-corrected chi connectivity index (χ1v) is 6.69. The lowest BCUT2D eigenvalue weighted by molar-refractivity contribution is -0.123. The molecule has 2 N–H and O–H groups in total. The third-order valence-electron chi connectivity index (χ3n) is 2.86. The molecule has 0 saturated heterocycles. The second-order valence-electron chi connectivity index (χ2n) is 4.49. The Labute approximate surface area is 118 Å². The lowest BCUT2D eigenvalue weighted by Gasteiger charge is -2.17. The fourth-order valence-corrected chi connectivity index (χ4v) is 1.68. The molecule has 0 aliphatic rings. The Kier molecular flexibility index (Phi) is 5.83. The number of hydrogen-bond donors (Lipinski definition) is 2. The van der Waals surface area contributed by atoms with Crippen molar-refractivity contribution >= 4 is 23.4 Å². The van der Waals surface area contributed by atoms with E-state index >= 15 is 0 Å². The van der Waals surface area contributed by atoms with Crippen LogP contribution in [0.5, 0.6) is 0 Å². The zero-order chi connectivity index (χ0) is 14.4. The second-order valence-corrected chi connectivity index (χ2v) is 4.90. The van der Waals surface area contributed by atoms with Gasteiger partial charge in [-0.25, -0.2) is 0 Å². The Morgan fingerprint density at radius 1 is 1.21 bits per heavy atom. The van der Waals surface area contributed by atoms with Crippen molar-refractivity contribution in [2.45, 2.75) is 39.3 Å². The fraction of sp³-hybridized carbons (Fsp3) is 0.429. The number of amides is 2. The highest BCUT2D eigenvalue weighted by Gasteiger charge is 2.18. The van der Waals surface area contributed by atoms with E-state index in [4.69, 9.17) is 11.6 Å². The van der Waals surface area contributed by atoms with Crippen molar-refractivity contribution < 1.29 is 9.59 Å². The van der Waals surface area contributed by atoms with Crippen LogP contribution in [0.4, 0.5) is 0 Å². The summed E-state index contributed by atoms with van der Waals surface area (Å²) in [4.78, 5) is 23.8. The van der Waals surface area contributed by atoms with E-state index in [2.05, 4.69) is 10.6 Å². The van der Waals surface area contributed by atoms with Crippen LogP contribution in [0.25, 0.3) is 0 Å². The van der Waals surface area contributed by atoms with Crippen LogP contribution in [-0.4, -0.2) is 23.9 Å². The molecule has 1 aromatic carbocycles. The van der Waals surface area contributed by atoms with Crippen LogP contribution in [0.3, 0.4) is 0 Å². The summed E-state index contributed by atoms with van der Waals surface area (Å²) in [7, 11) is 0. The third-order valence-corrected chi connectivity index (χ3v) is 3.19. The Hall–Kier alpha value is -1.55. The minimum atomic E-state index is -0.599. The number of carbonyl (C=O) groups excluding carboxylic acids is 2. The van der Waals surface area contributed by atoms with Gasteiger partial charge in [0, 0.05) is 6.04 Å². The highest BCUT2D eigenvalue weighted by molar-refractivity contribution is 6.33. The van der Waals surface area contributed by atoms with Gasteiger partial charge in [0.25, 0.3) is 5.91 Å². The molecule has 2 unspecified atom stereocenters. The summed E-state index contributed by atoms with van der Waals surface area (Å²) in [6.07, 6.45) is 0.844. The van der Waals surface area contributed by atoms with Gasteiger partial charge in [0.15, 0.2) is 0 Å². The van der Waals surface area contributed by atoms with Crippen LogP contribution in [0.1, 0.15) is 37.6 Å². The average Bonchev–Trinajstić information content (AvgIpc) is 2.38. The van der Waals surface area contributed by atoms with E-state index in [1.807, 2.05) is 13.8 Å². The first-order chi connectivity index (χ1) is 8.95. The molecule has 2 amide bonds. The molecule has 1 aromatic rings. The maximum absolute atomic E-state index is 12.0. The molecule has 0 aliphatic carbocycles. The monoisotopic (exact) mass is 282 g/mol. The number of rotatable bonds is 5. The van der Waals surface area contributed by atoms with E-state index in [0.29, 0.717) is 10.6 Å². The van der Waals surface area contributed by atoms with Gasteiger partial charge in [0.05, 0.1) is 10.6 Å². The molecule has 0 heterocycles. The van der Waals surface area contributed by atoms with E-state index < -0.39 is 6.04 Å². The van der Waals surface area contributed by atoms with Gasteiger partial charge < -0.3 is 10.6 Å². The Morgan fingerprint density at radius 3 is 2.42 bits per heavy atom. The summed E-state index contributed by atoms with van der Waals surface area (Å²) in [6, 6.07) is 6.23. The smallest absolute Gasteiger partial charge is 0.253 e. The van der Waals surface area contributed by atoms with Crippen LogP contribution in [0.15, 0.2) is 24.3 Å². The van der Waals surface area contributed by atoms with Crippen molar-refractivity contribution in [2.24, 2.45) is 0 Å². The summed E-state index contributed by atoms with van der Waals surface area (Å²) in [5, 5.41) is 5.81. The van der Waals surface area contributed by atoms with E-state index in [9.17, 15) is 9.59 Å². The number of hydrogen-bond acceptors (Lipinski definition) is 2. The molecular weight excluding hydrogens is 264 g/mol. The van der Waals surface area contributed by atoms with Crippen molar-refractivity contribution in [1.82, 2.24) is 10.6 Å². The van der Waals surface area contributed by atoms with Crippen molar-refractivity contribution in [3.63, 3.8) is 0 Å². The largest absolute Gasteiger partial charge is 0.352 e. The molecule has 0 aliphatic heterocycles. The molecule has 19 heavy (non-hydrogen) atoms. The topological polar surface area (TPSA) is 58.2 Å². The van der Waals surface area contributed by atoms with Gasteiger partial charge in [-0.15, -0.1) is 0 Å². The fourth-order valence-electron chi connectivity index (χ4n) is 1.46. The minimum Gasteiger partial charge on any atom is -0.352 e. The number of benzene rings is 1. The average molecular weight is 283 g/mol. The van der Waals surface area contributed by atoms with Gasteiger partial charge in [-0.1, -0.05) is 30.7 Å². The Balaban J connectivity index is 2.62. The lowest BCUT2D eigenvalue weighted by atomic mass is 10.2. The van der Waals surface area contributed by atoms with E-state index in [1.165, 1.54) is 0 Å². The van der Waals surface area contributed by atoms with Crippen LogP contribution in [-0.2, 0) is 4.79 Å². The van der Waals surface area contributed by atoms with E-state index in [0.717, 1.165) is 6.42 Å². The first kappa shape index (κ1) is 15.5. The van der Waals surface area contributed by atoms with E-state index in [1.54, 1.807) is 31.2 Å². The number of carbonyl (C=O) groups is 2. The molecule has 104 valence electrons. The molecule has 0 aromatic heterocycles. The highest BCUT2D eigenvalue weighted by Crippen LogP contribution is 2.14. The van der Waals surface area contributed by atoms with E-state index in [-0.39, 0.29) is 17.9 Å². The summed E-state index contributed by atoms with van der Waals surface area (Å²) in [5.41, 5.74) is 0.368. The van der Waals surface area contributed by atoms with Crippen molar-refractivity contribution in [2.75, 3.05) is 0 Å². The molecule has 0 fully saturated rings. The van der Waals surface area contributed by atoms with Gasteiger partial charge in [-0.05, 0) is 32.4 Å². The zero-order valence-corrected chi connectivity index (χ0v) is 12.1. The summed E-state index contributed by atoms with van der Waals surface area (Å²) in [6.45, 7) is 5.55. The van der Waals surface area contributed by atoms with Crippen LogP contribution in [0, 0.1) is 0 Å². The van der Waals surface area contributed by atoms with Crippen LogP contribution < -0.4 is 10.6 Å². The number of nitrogens with one attached hydrogen (secondary N) is 2. The quantitative estimate of drug-likeness (QED) is 0.871. The van der Waals surface area contributed by atoms with Gasteiger partial charge in [0.2, 0.25) is 5.91 Å². The van der Waals surface area contributed by atoms with Gasteiger partial charge in [0.1, 0.15) is 6.04 Å². The van der Waals surface area contributed by atoms with Gasteiger partial charge in [-0.3, -0.25) is 9.59 Å². The predicted molar refractivity (Wildman–Crippen MR) is 76.3 cm³/mol.